The molecule has 1 radical (unpaired) electrons. The van der Waals surface area contributed by atoms with Gasteiger partial charge in [0.15, 0.2) is 17.5 Å². The second-order valence-electron chi connectivity index (χ2n) is 7.02. The highest BCUT2D eigenvalue weighted by molar-refractivity contribution is 7.93. The van der Waals surface area contributed by atoms with Crippen LogP contribution in [0.25, 0.3) is 0 Å². The zero-order valence-corrected chi connectivity index (χ0v) is 17.1. The first-order valence-electron chi connectivity index (χ1n) is 9.06. The molecule has 2 atom stereocenters. The molecule has 11 heteroatoms. The van der Waals surface area contributed by atoms with Gasteiger partial charge in [0.05, 0.1) is 13.0 Å². The second-order valence-corrected chi connectivity index (χ2v) is 8.75. The molecule has 1 unspecified atom stereocenters. The van der Waals surface area contributed by atoms with E-state index in [2.05, 4.69) is 5.32 Å². The SMILES string of the molecule is CC1=C(S(=O)(=O)N(C(=O)[CH]CC(C)C(N)=O)[C@H]2CCCNCC2=O)N(C)CO1. The van der Waals surface area contributed by atoms with Crippen molar-refractivity contribution >= 4 is 27.6 Å². The average molecular weight is 415 g/mol. The van der Waals surface area contributed by atoms with E-state index in [0.717, 1.165) is 6.42 Å². The third-order valence-corrected chi connectivity index (χ3v) is 6.80. The van der Waals surface area contributed by atoms with Gasteiger partial charge in [-0.25, -0.2) is 4.31 Å². The van der Waals surface area contributed by atoms with Crippen molar-refractivity contribution in [2.45, 2.75) is 39.2 Å². The summed E-state index contributed by atoms with van der Waals surface area (Å²) >= 11 is 0. The molecular formula is C17H27N4O6S. The number of carbonyl (C=O) groups is 3. The fraction of sp³-hybridized carbons (Fsp3) is 0.647. The van der Waals surface area contributed by atoms with E-state index in [0.29, 0.717) is 17.3 Å². The van der Waals surface area contributed by atoms with Crippen LogP contribution in [-0.4, -0.2) is 68.1 Å². The Morgan fingerprint density at radius 1 is 1.46 bits per heavy atom. The quantitative estimate of drug-likeness (QED) is 0.556. The van der Waals surface area contributed by atoms with Gasteiger partial charge in [-0.1, -0.05) is 6.92 Å². The summed E-state index contributed by atoms with van der Waals surface area (Å²) in [6, 6.07) is -1.12. The van der Waals surface area contributed by atoms with Crippen LogP contribution >= 0.6 is 0 Å². The Balaban J connectivity index is 2.41. The zero-order chi connectivity index (χ0) is 21.1. The van der Waals surface area contributed by atoms with Crippen LogP contribution in [0.1, 0.15) is 33.1 Å². The van der Waals surface area contributed by atoms with Crippen molar-refractivity contribution < 1.29 is 27.5 Å². The summed E-state index contributed by atoms with van der Waals surface area (Å²) < 4.78 is 32.7. The van der Waals surface area contributed by atoms with Gasteiger partial charge in [-0.3, -0.25) is 14.4 Å². The molecule has 28 heavy (non-hydrogen) atoms. The number of hydrogen-bond acceptors (Lipinski definition) is 8. The zero-order valence-electron chi connectivity index (χ0n) is 16.3. The highest BCUT2D eigenvalue weighted by atomic mass is 32.2. The number of amides is 2. The minimum atomic E-state index is -4.35. The van der Waals surface area contributed by atoms with E-state index in [-0.39, 0.29) is 42.7 Å². The molecule has 0 aromatic rings. The lowest BCUT2D eigenvalue weighted by Gasteiger charge is -2.31. The van der Waals surface area contributed by atoms with Gasteiger partial charge < -0.3 is 20.7 Å². The molecule has 157 valence electrons. The minimum Gasteiger partial charge on any atom is -0.475 e. The number of hydrogen-bond donors (Lipinski definition) is 2. The molecule has 3 N–H and O–H groups in total. The Labute approximate surface area is 165 Å². The van der Waals surface area contributed by atoms with Crippen LogP contribution in [0.3, 0.4) is 0 Å². The fourth-order valence-corrected chi connectivity index (χ4v) is 5.06. The topological polar surface area (TPSA) is 139 Å². The number of primary amides is 1. The molecular weight excluding hydrogens is 388 g/mol. The van der Waals surface area contributed by atoms with Gasteiger partial charge in [0.25, 0.3) is 10.0 Å². The lowest BCUT2D eigenvalue weighted by molar-refractivity contribution is -0.131. The van der Waals surface area contributed by atoms with Gasteiger partial charge in [-0.2, -0.15) is 8.42 Å². The maximum atomic E-state index is 13.4. The number of Topliss-reactive ketones (excluding diaryl/α,β-unsaturated/α-hetero) is 1. The highest BCUT2D eigenvalue weighted by Gasteiger charge is 2.44. The standard InChI is InChI=1S/C17H27N4O6S/c1-11(16(18)24)6-7-15(23)21(13-5-4-8-19-9-14(13)22)28(25,26)17-12(2)27-10-20(17)3/h7,11,13,19H,4-6,8-10H2,1-3H3,(H2,18,24)/t11?,13-/m0/s1. The summed E-state index contributed by atoms with van der Waals surface area (Å²) in [4.78, 5) is 38.1. The van der Waals surface area contributed by atoms with Crippen molar-refractivity contribution in [2.24, 2.45) is 11.7 Å². The summed E-state index contributed by atoms with van der Waals surface area (Å²) in [5, 5.41) is 2.77. The maximum Gasteiger partial charge on any atom is 0.286 e. The number of ether oxygens (including phenoxy) is 1. The Morgan fingerprint density at radius 2 is 2.14 bits per heavy atom. The number of nitrogens with two attached hydrogens (primary N) is 1. The molecule has 1 fully saturated rings. The van der Waals surface area contributed by atoms with Crippen LogP contribution in [0.2, 0.25) is 0 Å². The van der Waals surface area contributed by atoms with Crippen LogP contribution in [0.15, 0.2) is 10.8 Å². The van der Waals surface area contributed by atoms with Gasteiger partial charge in [0.1, 0.15) is 11.8 Å². The first-order chi connectivity index (χ1) is 13.1. The Kier molecular flexibility index (Phi) is 7.05. The van der Waals surface area contributed by atoms with Crippen LogP contribution in [-0.2, 0) is 29.1 Å². The third-order valence-electron chi connectivity index (χ3n) is 4.76. The van der Waals surface area contributed by atoms with Crippen molar-refractivity contribution in [1.82, 2.24) is 14.5 Å². The molecule has 2 rings (SSSR count). The summed E-state index contributed by atoms with van der Waals surface area (Å²) in [5.74, 6) is -2.32. The predicted molar refractivity (Wildman–Crippen MR) is 100 cm³/mol. The molecule has 0 aromatic heterocycles. The summed E-state index contributed by atoms with van der Waals surface area (Å²) in [7, 11) is -2.82. The van der Waals surface area contributed by atoms with Crippen LogP contribution in [0.4, 0.5) is 0 Å². The molecule has 0 spiro atoms. The van der Waals surface area contributed by atoms with E-state index < -0.39 is 33.8 Å². The van der Waals surface area contributed by atoms with Crippen molar-refractivity contribution in [2.75, 3.05) is 26.9 Å². The highest BCUT2D eigenvalue weighted by Crippen LogP contribution is 2.30. The second kappa shape index (κ2) is 8.91. The van der Waals surface area contributed by atoms with E-state index in [1.807, 2.05) is 0 Å². The third kappa shape index (κ3) is 4.64. The number of allylic oxidation sites excluding steroid dienone is 1. The number of ketones is 1. The Morgan fingerprint density at radius 3 is 2.71 bits per heavy atom. The largest absolute Gasteiger partial charge is 0.475 e. The molecule has 1 saturated heterocycles. The lowest BCUT2D eigenvalue weighted by Crippen LogP contribution is -2.51. The number of carbonyl (C=O) groups excluding carboxylic acids is 3. The number of sulfonamides is 1. The van der Waals surface area contributed by atoms with Crippen LogP contribution in [0, 0.1) is 12.3 Å². The van der Waals surface area contributed by atoms with Crippen molar-refractivity contribution in [1.29, 1.82) is 0 Å². The van der Waals surface area contributed by atoms with E-state index in [1.165, 1.54) is 25.8 Å². The molecule has 0 aliphatic carbocycles. The van der Waals surface area contributed by atoms with Gasteiger partial charge in [-0.05, 0) is 32.7 Å². The summed E-state index contributed by atoms with van der Waals surface area (Å²) in [6.07, 6.45) is 1.83. The van der Waals surface area contributed by atoms with Crippen molar-refractivity contribution in [3.8, 4) is 0 Å². The van der Waals surface area contributed by atoms with E-state index in [9.17, 15) is 22.8 Å². The molecule has 0 aromatic carbocycles. The number of rotatable bonds is 7. The average Bonchev–Trinajstić information content (AvgIpc) is 2.82. The number of nitrogens with zero attached hydrogens (tertiary/aromatic N) is 2. The van der Waals surface area contributed by atoms with Gasteiger partial charge >= 0.3 is 0 Å². The molecule has 2 aliphatic rings. The minimum absolute atomic E-state index is 0.0218. The van der Waals surface area contributed by atoms with Gasteiger partial charge in [0, 0.05) is 13.0 Å². The Hall–Kier alpha value is -2.14. The normalized spacial score (nSPS) is 21.9. The van der Waals surface area contributed by atoms with Crippen LogP contribution in [0.5, 0.6) is 0 Å². The number of nitrogens with one attached hydrogen (secondary N) is 1. The molecule has 0 bridgehead atoms. The van der Waals surface area contributed by atoms with E-state index >= 15 is 0 Å². The lowest BCUT2D eigenvalue weighted by atomic mass is 10.0. The summed E-state index contributed by atoms with van der Waals surface area (Å²) in [5.41, 5.74) is 5.21. The first kappa shape index (κ1) is 22.2. The van der Waals surface area contributed by atoms with Crippen LogP contribution < -0.4 is 11.1 Å². The van der Waals surface area contributed by atoms with Crippen molar-refractivity contribution in [3.63, 3.8) is 0 Å². The molecule has 2 heterocycles. The maximum absolute atomic E-state index is 13.4. The molecule has 2 aliphatic heterocycles. The Bertz CT molecular complexity index is 779. The molecule has 10 nitrogen and oxygen atoms in total. The molecule has 2 amide bonds. The van der Waals surface area contributed by atoms with Crippen molar-refractivity contribution in [3.05, 3.63) is 17.2 Å². The van der Waals surface area contributed by atoms with Gasteiger partial charge in [-0.15, -0.1) is 0 Å². The van der Waals surface area contributed by atoms with E-state index in [4.69, 9.17) is 10.5 Å². The van der Waals surface area contributed by atoms with E-state index in [1.54, 1.807) is 0 Å². The molecule has 0 saturated carbocycles. The first-order valence-corrected chi connectivity index (χ1v) is 10.5. The fourth-order valence-electron chi connectivity index (χ4n) is 3.14. The van der Waals surface area contributed by atoms with Gasteiger partial charge in [0.2, 0.25) is 11.8 Å². The smallest absolute Gasteiger partial charge is 0.286 e. The monoisotopic (exact) mass is 415 g/mol. The summed E-state index contributed by atoms with van der Waals surface area (Å²) in [6.45, 7) is 3.60. The predicted octanol–water partition coefficient (Wildman–Crippen LogP) is -0.710.